The van der Waals surface area contributed by atoms with Crippen LogP contribution in [0.25, 0.3) is 0 Å². The fraction of sp³-hybridized carbons (Fsp3) is 0.167. The Balaban J connectivity index is 2.46. The number of hydrazine groups is 1. The summed E-state index contributed by atoms with van der Waals surface area (Å²) in [5, 5.41) is 11.1. The zero-order chi connectivity index (χ0) is 15.4. The van der Waals surface area contributed by atoms with Crippen LogP contribution in [0.5, 0.6) is 17.4 Å². The zero-order valence-corrected chi connectivity index (χ0v) is 11.4. The van der Waals surface area contributed by atoms with Crippen LogP contribution in [-0.4, -0.2) is 22.0 Å². The summed E-state index contributed by atoms with van der Waals surface area (Å²) in [6, 6.07) is 4.59. The number of nitro benzene ring substituents is 1. The average Bonchev–Trinajstić information content (AvgIpc) is 2.48. The Morgan fingerprint density at radius 3 is 2.76 bits per heavy atom. The molecular weight excluding hydrogens is 278 g/mol. The molecule has 0 atom stereocenters. The number of benzene rings is 1. The molecule has 2 aromatic rings. The molecule has 0 amide bonds. The highest BCUT2D eigenvalue weighted by Crippen LogP contribution is 2.37. The molecule has 9 nitrogen and oxygen atoms in total. The predicted octanol–water partition coefficient (Wildman–Crippen LogP) is 1.78. The number of nitrogens with one attached hydrogen (secondary N) is 1. The van der Waals surface area contributed by atoms with Crippen molar-refractivity contribution in [3.8, 4) is 17.4 Å². The summed E-state index contributed by atoms with van der Waals surface area (Å²) < 4.78 is 10.6. The van der Waals surface area contributed by atoms with Crippen molar-refractivity contribution in [2.24, 2.45) is 5.84 Å². The summed E-state index contributed by atoms with van der Waals surface area (Å²) in [5.74, 6) is 5.72. The Labute approximate surface area is 119 Å². The minimum atomic E-state index is -0.530. The summed E-state index contributed by atoms with van der Waals surface area (Å²) in [4.78, 5) is 18.3. The van der Waals surface area contributed by atoms with Crippen molar-refractivity contribution >= 4 is 11.5 Å². The first-order valence-electron chi connectivity index (χ1n) is 5.85. The number of methoxy groups -OCH3 is 1. The number of nitrogen functional groups attached to an aromatic ring is 1. The minimum absolute atomic E-state index is 0.0207. The molecular formula is C12H13N5O4. The van der Waals surface area contributed by atoms with Gasteiger partial charge in [0, 0.05) is 6.07 Å². The molecule has 0 unspecified atom stereocenters. The molecule has 0 spiro atoms. The third-order valence-electron chi connectivity index (χ3n) is 2.63. The fourth-order valence-electron chi connectivity index (χ4n) is 1.68. The lowest BCUT2D eigenvalue weighted by molar-refractivity contribution is -0.385. The van der Waals surface area contributed by atoms with E-state index < -0.39 is 4.92 Å². The molecule has 3 N–H and O–H groups in total. The molecule has 2 rings (SSSR count). The first kappa shape index (κ1) is 14.5. The normalized spacial score (nSPS) is 10.0. The average molecular weight is 291 g/mol. The number of rotatable bonds is 5. The number of aromatic nitrogens is 2. The molecule has 0 fully saturated rings. The smallest absolute Gasteiger partial charge is 0.311 e. The Bertz CT molecular complexity index is 677. The van der Waals surface area contributed by atoms with E-state index in [0.29, 0.717) is 0 Å². The molecule has 21 heavy (non-hydrogen) atoms. The summed E-state index contributed by atoms with van der Waals surface area (Å²) in [6.45, 7) is 1.75. The van der Waals surface area contributed by atoms with Gasteiger partial charge in [0.15, 0.2) is 5.82 Å². The van der Waals surface area contributed by atoms with Gasteiger partial charge in [-0.3, -0.25) is 10.1 Å². The predicted molar refractivity (Wildman–Crippen MR) is 74.3 cm³/mol. The molecule has 0 saturated carbocycles. The molecule has 0 radical (unpaired) electrons. The number of aryl methyl sites for hydroxylation is 1. The van der Waals surface area contributed by atoms with Crippen molar-refractivity contribution in [2.45, 2.75) is 6.92 Å². The van der Waals surface area contributed by atoms with E-state index in [1.165, 1.54) is 25.6 Å². The van der Waals surface area contributed by atoms with Gasteiger partial charge in [-0.15, -0.1) is 0 Å². The molecule has 110 valence electrons. The first-order chi connectivity index (χ1) is 10.1. The molecule has 0 aliphatic heterocycles. The van der Waals surface area contributed by atoms with Gasteiger partial charge in [0.25, 0.3) is 5.88 Å². The van der Waals surface area contributed by atoms with Gasteiger partial charge in [-0.05, 0) is 18.6 Å². The molecule has 0 aliphatic carbocycles. The van der Waals surface area contributed by atoms with Gasteiger partial charge in [0.2, 0.25) is 11.5 Å². The second-order valence-electron chi connectivity index (χ2n) is 4.04. The third-order valence-corrected chi connectivity index (χ3v) is 2.63. The second-order valence-corrected chi connectivity index (χ2v) is 4.04. The molecule has 1 aromatic carbocycles. The van der Waals surface area contributed by atoms with Gasteiger partial charge in [0.1, 0.15) is 6.33 Å². The van der Waals surface area contributed by atoms with Crippen molar-refractivity contribution in [3.05, 3.63) is 40.2 Å². The lowest BCUT2D eigenvalue weighted by Crippen LogP contribution is -2.11. The molecule has 0 aliphatic rings. The van der Waals surface area contributed by atoms with Crippen LogP contribution >= 0.6 is 0 Å². The van der Waals surface area contributed by atoms with Crippen LogP contribution in [0, 0.1) is 17.0 Å². The highest BCUT2D eigenvalue weighted by atomic mass is 16.6. The van der Waals surface area contributed by atoms with E-state index in [-0.39, 0.29) is 28.9 Å². The summed E-state index contributed by atoms with van der Waals surface area (Å²) in [6.07, 6.45) is 1.20. The lowest BCUT2D eigenvalue weighted by Gasteiger charge is -2.11. The summed E-state index contributed by atoms with van der Waals surface area (Å²) in [7, 11) is 1.38. The number of nitro groups is 1. The first-order valence-corrected chi connectivity index (χ1v) is 5.85. The largest absolute Gasteiger partial charge is 0.489 e. The van der Waals surface area contributed by atoms with E-state index in [1.54, 1.807) is 13.0 Å². The van der Waals surface area contributed by atoms with Crippen LogP contribution in [0.3, 0.4) is 0 Å². The lowest BCUT2D eigenvalue weighted by atomic mass is 10.2. The maximum atomic E-state index is 11.1. The van der Waals surface area contributed by atoms with Crippen molar-refractivity contribution in [1.82, 2.24) is 9.97 Å². The van der Waals surface area contributed by atoms with Crippen molar-refractivity contribution < 1.29 is 14.4 Å². The Morgan fingerprint density at radius 1 is 1.38 bits per heavy atom. The third kappa shape index (κ3) is 2.98. The second kappa shape index (κ2) is 6.01. The van der Waals surface area contributed by atoms with Crippen molar-refractivity contribution in [1.29, 1.82) is 0 Å². The topological polar surface area (TPSA) is 125 Å². The van der Waals surface area contributed by atoms with E-state index in [1.807, 2.05) is 0 Å². The van der Waals surface area contributed by atoms with Crippen LogP contribution in [0.2, 0.25) is 0 Å². The molecule has 1 heterocycles. The minimum Gasteiger partial charge on any atom is -0.489 e. The molecule has 0 saturated heterocycles. The maximum absolute atomic E-state index is 11.1. The Morgan fingerprint density at radius 2 is 2.14 bits per heavy atom. The highest BCUT2D eigenvalue weighted by Gasteiger charge is 2.20. The van der Waals surface area contributed by atoms with Crippen molar-refractivity contribution in [3.63, 3.8) is 0 Å². The molecule has 0 bridgehead atoms. The number of ether oxygens (including phenoxy) is 2. The summed E-state index contributed by atoms with van der Waals surface area (Å²) in [5.41, 5.74) is 2.90. The summed E-state index contributed by atoms with van der Waals surface area (Å²) >= 11 is 0. The zero-order valence-electron chi connectivity index (χ0n) is 11.4. The van der Waals surface area contributed by atoms with Crippen molar-refractivity contribution in [2.75, 3.05) is 12.5 Å². The van der Waals surface area contributed by atoms with E-state index in [9.17, 15) is 10.1 Å². The van der Waals surface area contributed by atoms with Gasteiger partial charge in [-0.25, -0.2) is 10.8 Å². The van der Waals surface area contributed by atoms with E-state index in [0.717, 1.165) is 5.56 Å². The maximum Gasteiger partial charge on any atom is 0.311 e. The standard InChI is InChI=1S/C12H13N5O4/c1-7-3-4-9(8(5-7)17(18)19)21-12-10(20-2)11(16-13)14-6-15-12/h3-6H,13H2,1-2H3,(H,14,15,16). The SMILES string of the molecule is COc1c(NN)ncnc1Oc1ccc(C)cc1[N+](=O)[O-]. The van der Waals surface area contributed by atoms with Crippen LogP contribution in [-0.2, 0) is 0 Å². The number of hydrogen-bond donors (Lipinski definition) is 2. The van der Waals surface area contributed by atoms with Gasteiger partial charge in [-0.2, -0.15) is 4.98 Å². The molecule has 9 heteroatoms. The van der Waals surface area contributed by atoms with Crippen LogP contribution in [0.4, 0.5) is 11.5 Å². The van der Waals surface area contributed by atoms with Crippen LogP contribution in [0.15, 0.2) is 24.5 Å². The highest BCUT2D eigenvalue weighted by molar-refractivity contribution is 5.57. The monoisotopic (exact) mass is 291 g/mol. The van der Waals surface area contributed by atoms with Crippen LogP contribution < -0.4 is 20.7 Å². The number of nitrogens with two attached hydrogens (primary N) is 1. The fourth-order valence-corrected chi connectivity index (χ4v) is 1.68. The number of nitrogens with zero attached hydrogens (tertiary/aromatic N) is 3. The Hall–Kier alpha value is -2.94. The van der Waals surface area contributed by atoms with E-state index >= 15 is 0 Å². The number of hydrogen-bond acceptors (Lipinski definition) is 8. The quantitative estimate of drug-likeness (QED) is 0.485. The van der Waals surface area contributed by atoms with E-state index in [2.05, 4.69) is 15.4 Å². The van der Waals surface area contributed by atoms with Gasteiger partial charge in [-0.1, -0.05) is 6.07 Å². The number of anilines is 1. The van der Waals surface area contributed by atoms with Gasteiger partial charge in [0.05, 0.1) is 12.0 Å². The van der Waals surface area contributed by atoms with Crippen LogP contribution in [0.1, 0.15) is 5.56 Å². The molecule has 1 aromatic heterocycles. The Kier molecular flexibility index (Phi) is 4.14. The van der Waals surface area contributed by atoms with E-state index in [4.69, 9.17) is 15.3 Å². The van der Waals surface area contributed by atoms with Gasteiger partial charge >= 0.3 is 5.69 Å². The van der Waals surface area contributed by atoms with Gasteiger partial charge < -0.3 is 14.9 Å².